The predicted molar refractivity (Wildman–Crippen MR) is 87.8 cm³/mol. The van der Waals surface area contributed by atoms with Crippen LogP contribution in [0.4, 0.5) is 0 Å². The average Bonchev–Trinajstić information content (AvgIpc) is 2.48. The molecule has 0 aromatic heterocycles. The Hall–Kier alpha value is -1.31. The van der Waals surface area contributed by atoms with Crippen molar-refractivity contribution in [2.45, 2.75) is 43.6 Å². The van der Waals surface area contributed by atoms with Crippen LogP contribution in [0, 0.1) is 0 Å². The molecule has 1 aliphatic rings. The van der Waals surface area contributed by atoms with Gasteiger partial charge in [0.1, 0.15) is 0 Å². The summed E-state index contributed by atoms with van der Waals surface area (Å²) >= 11 is 6.03. The minimum Gasteiger partial charge on any atom is -0.390 e. The van der Waals surface area contributed by atoms with Crippen molar-refractivity contribution in [3.05, 3.63) is 70.7 Å². The van der Waals surface area contributed by atoms with Crippen LogP contribution < -0.4 is 0 Å². The summed E-state index contributed by atoms with van der Waals surface area (Å²) in [5, 5.41) is 11.6. The van der Waals surface area contributed by atoms with Crippen molar-refractivity contribution >= 4 is 11.6 Å². The van der Waals surface area contributed by atoms with Gasteiger partial charge in [-0.3, -0.25) is 0 Å². The molecule has 0 bridgehead atoms. The topological polar surface area (TPSA) is 20.2 Å². The van der Waals surface area contributed by atoms with Crippen LogP contribution in [-0.2, 0) is 6.42 Å². The normalized spacial score (nSPS) is 25.7. The van der Waals surface area contributed by atoms with Crippen LogP contribution in [0.3, 0.4) is 0 Å². The largest absolute Gasteiger partial charge is 0.390 e. The van der Waals surface area contributed by atoms with E-state index in [2.05, 4.69) is 30.3 Å². The summed E-state index contributed by atoms with van der Waals surface area (Å²) < 4.78 is 0. The van der Waals surface area contributed by atoms with Crippen molar-refractivity contribution in [1.29, 1.82) is 0 Å². The fourth-order valence-corrected chi connectivity index (χ4v) is 3.63. The number of halogens is 1. The van der Waals surface area contributed by atoms with E-state index in [1.807, 2.05) is 24.3 Å². The lowest BCUT2D eigenvalue weighted by molar-refractivity contribution is -0.000452. The third-order valence-corrected chi connectivity index (χ3v) is 4.84. The van der Waals surface area contributed by atoms with E-state index in [-0.39, 0.29) is 0 Å². The molecule has 1 N–H and O–H groups in total. The van der Waals surface area contributed by atoms with E-state index < -0.39 is 5.60 Å². The van der Waals surface area contributed by atoms with Gasteiger partial charge in [-0.1, -0.05) is 54.1 Å². The SMILES string of the molecule is OC1(Cc2cccc(Cl)c2)CCC(c2ccccc2)CC1. The first kappa shape index (κ1) is 14.6. The van der Waals surface area contributed by atoms with Gasteiger partial charge in [0.15, 0.2) is 0 Å². The summed E-state index contributed by atoms with van der Waals surface area (Å²) in [6.45, 7) is 0. The smallest absolute Gasteiger partial charge is 0.0688 e. The molecule has 0 radical (unpaired) electrons. The molecular weight excluding hydrogens is 280 g/mol. The van der Waals surface area contributed by atoms with E-state index in [1.165, 1.54) is 5.56 Å². The van der Waals surface area contributed by atoms with Gasteiger partial charge in [0.05, 0.1) is 5.60 Å². The molecule has 3 rings (SSSR count). The van der Waals surface area contributed by atoms with Gasteiger partial charge in [0, 0.05) is 11.4 Å². The lowest BCUT2D eigenvalue weighted by atomic mass is 9.74. The van der Waals surface area contributed by atoms with Crippen molar-refractivity contribution in [2.75, 3.05) is 0 Å². The summed E-state index contributed by atoms with van der Waals surface area (Å²) in [7, 11) is 0. The molecule has 1 nitrogen and oxygen atoms in total. The van der Waals surface area contributed by atoms with Gasteiger partial charge in [0.25, 0.3) is 0 Å². The molecular formula is C19H21ClO. The van der Waals surface area contributed by atoms with E-state index in [4.69, 9.17) is 11.6 Å². The molecule has 1 fully saturated rings. The van der Waals surface area contributed by atoms with Gasteiger partial charge in [-0.25, -0.2) is 0 Å². The highest BCUT2D eigenvalue weighted by Crippen LogP contribution is 2.39. The van der Waals surface area contributed by atoms with Gasteiger partial charge in [-0.05, 0) is 54.9 Å². The Morgan fingerprint density at radius 1 is 1.00 bits per heavy atom. The van der Waals surface area contributed by atoms with Crippen LogP contribution in [0.25, 0.3) is 0 Å². The number of aliphatic hydroxyl groups is 1. The molecule has 1 saturated carbocycles. The Kier molecular flexibility index (Phi) is 4.32. The van der Waals surface area contributed by atoms with Crippen LogP contribution in [0.1, 0.15) is 42.7 Å². The van der Waals surface area contributed by atoms with Gasteiger partial charge >= 0.3 is 0 Å². The minimum atomic E-state index is -0.573. The maximum absolute atomic E-state index is 10.8. The van der Waals surface area contributed by atoms with Crippen LogP contribution in [0.2, 0.25) is 5.02 Å². The zero-order valence-corrected chi connectivity index (χ0v) is 12.9. The molecule has 0 saturated heterocycles. The lowest BCUT2D eigenvalue weighted by Gasteiger charge is -2.36. The Balaban J connectivity index is 1.64. The fraction of sp³-hybridized carbons (Fsp3) is 0.368. The number of rotatable bonds is 3. The second-order valence-electron chi connectivity index (χ2n) is 6.22. The molecule has 110 valence electrons. The van der Waals surface area contributed by atoms with E-state index >= 15 is 0 Å². The maximum Gasteiger partial charge on any atom is 0.0688 e. The summed E-state index contributed by atoms with van der Waals surface area (Å²) in [5.74, 6) is 0.589. The molecule has 21 heavy (non-hydrogen) atoms. The first-order valence-electron chi connectivity index (χ1n) is 7.66. The molecule has 0 unspecified atom stereocenters. The van der Waals surface area contributed by atoms with Crippen molar-refractivity contribution in [3.8, 4) is 0 Å². The van der Waals surface area contributed by atoms with Gasteiger partial charge < -0.3 is 5.11 Å². The first-order chi connectivity index (χ1) is 10.1. The molecule has 0 amide bonds. The van der Waals surface area contributed by atoms with Crippen molar-refractivity contribution < 1.29 is 5.11 Å². The molecule has 0 heterocycles. The molecule has 2 heteroatoms. The van der Waals surface area contributed by atoms with E-state index in [0.29, 0.717) is 12.3 Å². The second-order valence-corrected chi connectivity index (χ2v) is 6.65. The third kappa shape index (κ3) is 3.66. The van der Waals surface area contributed by atoms with Crippen molar-refractivity contribution in [3.63, 3.8) is 0 Å². The highest BCUT2D eigenvalue weighted by molar-refractivity contribution is 6.30. The summed E-state index contributed by atoms with van der Waals surface area (Å²) in [6.07, 6.45) is 4.54. The highest BCUT2D eigenvalue weighted by Gasteiger charge is 2.33. The van der Waals surface area contributed by atoms with Gasteiger partial charge in [-0.15, -0.1) is 0 Å². The number of benzene rings is 2. The van der Waals surface area contributed by atoms with Crippen LogP contribution in [0.15, 0.2) is 54.6 Å². The van der Waals surface area contributed by atoms with Crippen LogP contribution in [0.5, 0.6) is 0 Å². The fourth-order valence-electron chi connectivity index (χ4n) is 3.42. The number of hydrogen-bond donors (Lipinski definition) is 1. The zero-order valence-electron chi connectivity index (χ0n) is 12.1. The minimum absolute atomic E-state index is 0.573. The van der Waals surface area contributed by atoms with Gasteiger partial charge in [-0.2, -0.15) is 0 Å². The van der Waals surface area contributed by atoms with Crippen LogP contribution >= 0.6 is 11.6 Å². The molecule has 0 atom stereocenters. The number of hydrogen-bond acceptors (Lipinski definition) is 1. The highest BCUT2D eigenvalue weighted by atomic mass is 35.5. The van der Waals surface area contributed by atoms with Gasteiger partial charge in [0.2, 0.25) is 0 Å². The molecule has 2 aromatic carbocycles. The molecule has 2 aromatic rings. The Morgan fingerprint density at radius 2 is 1.71 bits per heavy atom. The van der Waals surface area contributed by atoms with E-state index in [0.717, 1.165) is 36.3 Å². The summed E-state index contributed by atoms with van der Waals surface area (Å²) in [5.41, 5.74) is 1.96. The first-order valence-corrected chi connectivity index (χ1v) is 8.04. The Bertz CT molecular complexity index is 586. The summed E-state index contributed by atoms with van der Waals surface area (Å²) in [6, 6.07) is 18.5. The average molecular weight is 301 g/mol. The predicted octanol–water partition coefficient (Wildman–Crippen LogP) is 4.97. The second kappa shape index (κ2) is 6.21. The third-order valence-electron chi connectivity index (χ3n) is 4.61. The molecule has 0 aliphatic heterocycles. The Labute approximate surface area is 131 Å². The van der Waals surface area contributed by atoms with Crippen molar-refractivity contribution in [1.82, 2.24) is 0 Å². The standard InChI is InChI=1S/C19H21ClO/c20-18-8-4-5-15(13-18)14-19(21)11-9-17(10-12-19)16-6-2-1-3-7-16/h1-8,13,17,21H,9-12,14H2. The molecule has 0 spiro atoms. The Morgan fingerprint density at radius 3 is 2.38 bits per heavy atom. The quantitative estimate of drug-likeness (QED) is 0.848. The maximum atomic E-state index is 10.8. The van der Waals surface area contributed by atoms with E-state index in [9.17, 15) is 5.11 Å². The summed E-state index contributed by atoms with van der Waals surface area (Å²) in [4.78, 5) is 0. The lowest BCUT2D eigenvalue weighted by Crippen LogP contribution is -2.35. The van der Waals surface area contributed by atoms with E-state index in [1.54, 1.807) is 0 Å². The monoisotopic (exact) mass is 300 g/mol. The molecule has 1 aliphatic carbocycles. The zero-order chi connectivity index (χ0) is 14.7. The van der Waals surface area contributed by atoms with Crippen molar-refractivity contribution in [2.24, 2.45) is 0 Å². The van der Waals surface area contributed by atoms with Crippen LogP contribution in [-0.4, -0.2) is 10.7 Å².